The second kappa shape index (κ2) is 5.74. The molecule has 3 aromatic rings. The maximum atomic E-state index is 11.2. The average Bonchev–Trinajstić information content (AvgIpc) is 2.95. The van der Waals surface area contributed by atoms with Gasteiger partial charge in [-0.05, 0) is 47.4 Å². The van der Waals surface area contributed by atoms with Gasteiger partial charge in [0.15, 0.2) is 0 Å². The molecule has 1 atom stereocenters. The lowest BCUT2D eigenvalue weighted by molar-refractivity contribution is -0.384. The molecule has 0 radical (unpaired) electrons. The second-order valence-electron chi connectivity index (χ2n) is 6.46. The number of nitrogens with zero attached hydrogens (tertiary/aromatic N) is 2. The average molecular weight is 330 g/mol. The van der Waals surface area contributed by atoms with Gasteiger partial charge in [-0.15, -0.1) is 0 Å². The summed E-state index contributed by atoms with van der Waals surface area (Å²) < 4.78 is 0. The molecule has 0 N–H and O–H groups in total. The third kappa shape index (κ3) is 2.47. The Hall–Kier alpha value is -3.14. The van der Waals surface area contributed by atoms with E-state index in [1.165, 1.54) is 11.1 Å². The van der Waals surface area contributed by atoms with Crippen molar-refractivity contribution >= 4 is 11.4 Å². The van der Waals surface area contributed by atoms with Crippen LogP contribution in [0.15, 0.2) is 66.7 Å². The quantitative estimate of drug-likeness (QED) is 0.495. The summed E-state index contributed by atoms with van der Waals surface area (Å²) in [6, 6.07) is 21.7. The molecule has 0 bridgehead atoms. The molecule has 0 aromatic heterocycles. The Kier molecular flexibility index (Phi) is 3.53. The van der Waals surface area contributed by atoms with E-state index >= 15 is 0 Å². The third-order valence-corrected chi connectivity index (χ3v) is 4.91. The standard InChI is InChI=1S/C21H18N2O2/c1-14-7-9-15(10-8-14)22(2)21-19-6-4-3-5-17(19)18-12-11-16(23(24)25)13-20(18)21/h3-13,21H,1-2H3. The van der Waals surface area contributed by atoms with Crippen LogP contribution >= 0.6 is 0 Å². The van der Waals surface area contributed by atoms with Gasteiger partial charge in [0.25, 0.3) is 5.69 Å². The van der Waals surface area contributed by atoms with Crippen LogP contribution in [0.1, 0.15) is 22.7 Å². The van der Waals surface area contributed by atoms with Crippen LogP contribution in [-0.2, 0) is 0 Å². The molecule has 0 saturated heterocycles. The van der Waals surface area contributed by atoms with Crippen LogP contribution in [0, 0.1) is 17.0 Å². The Morgan fingerprint density at radius 1 is 0.920 bits per heavy atom. The molecule has 0 spiro atoms. The van der Waals surface area contributed by atoms with E-state index in [1.807, 2.05) is 25.2 Å². The molecular formula is C21H18N2O2. The molecule has 1 aliphatic carbocycles. The molecule has 4 nitrogen and oxygen atoms in total. The SMILES string of the molecule is Cc1ccc(N(C)C2c3ccccc3-c3ccc([N+](=O)[O-])cc32)cc1. The fraction of sp³-hybridized carbons (Fsp3) is 0.143. The predicted molar refractivity (Wildman–Crippen MR) is 100.0 cm³/mol. The van der Waals surface area contributed by atoms with Crippen LogP contribution in [0.25, 0.3) is 11.1 Å². The smallest absolute Gasteiger partial charge is 0.269 e. The summed E-state index contributed by atoms with van der Waals surface area (Å²) in [7, 11) is 2.04. The fourth-order valence-corrected chi connectivity index (χ4v) is 3.63. The molecule has 0 aliphatic heterocycles. The predicted octanol–water partition coefficient (Wildman–Crippen LogP) is 5.11. The van der Waals surface area contributed by atoms with Gasteiger partial charge in [-0.3, -0.25) is 10.1 Å². The van der Waals surface area contributed by atoms with Gasteiger partial charge < -0.3 is 4.90 Å². The van der Waals surface area contributed by atoms with E-state index in [1.54, 1.807) is 12.1 Å². The summed E-state index contributed by atoms with van der Waals surface area (Å²) in [5.74, 6) is 0. The van der Waals surface area contributed by atoms with Crippen molar-refractivity contribution in [3.05, 3.63) is 93.5 Å². The number of non-ortho nitro benzene ring substituents is 1. The molecule has 124 valence electrons. The van der Waals surface area contributed by atoms with E-state index in [2.05, 4.69) is 48.2 Å². The largest absolute Gasteiger partial charge is 0.363 e. The highest BCUT2D eigenvalue weighted by atomic mass is 16.6. The zero-order valence-electron chi connectivity index (χ0n) is 14.1. The highest BCUT2D eigenvalue weighted by molar-refractivity contribution is 5.81. The first-order valence-corrected chi connectivity index (χ1v) is 8.23. The minimum Gasteiger partial charge on any atom is -0.363 e. The Bertz CT molecular complexity index is 964. The summed E-state index contributed by atoms with van der Waals surface area (Å²) in [4.78, 5) is 13.1. The van der Waals surface area contributed by atoms with Crippen molar-refractivity contribution in [2.75, 3.05) is 11.9 Å². The van der Waals surface area contributed by atoms with E-state index in [0.29, 0.717) is 0 Å². The fourth-order valence-electron chi connectivity index (χ4n) is 3.63. The highest BCUT2D eigenvalue weighted by Gasteiger charge is 2.32. The molecule has 4 heteroatoms. The lowest BCUT2D eigenvalue weighted by atomic mass is 10.0. The number of aryl methyl sites for hydroxylation is 1. The monoisotopic (exact) mass is 330 g/mol. The van der Waals surface area contributed by atoms with Crippen LogP contribution in [0.3, 0.4) is 0 Å². The van der Waals surface area contributed by atoms with Crippen molar-refractivity contribution in [2.45, 2.75) is 13.0 Å². The minimum absolute atomic E-state index is 0.0335. The summed E-state index contributed by atoms with van der Waals surface area (Å²) in [6.07, 6.45) is 0. The first-order chi connectivity index (χ1) is 12.1. The third-order valence-electron chi connectivity index (χ3n) is 4.91. The molecule has 4 rings (SSSR count). The highest BCUT2D eigenvalue weighted by Crippen LogP contribution is 2.47. The van der Waals surface area contributed by atoms with Crippen molar-refractivity contribution < 1.29 is 4.92 Å². The summed E-state index contributed by atoms with van der Waals surface area (Å²) in [6.45, 7) is 2.06. The van der Waals surface area contributed by atoms with Crippen molar-refractivity contribution in [2.24, 2.45) is 0 Å². The number of benzene rings is 3. The first kappa shape index (κ1) is 15.4. The maximum absolute atomic E-state index is 11.2. The van der Waals surface area contributed by atoms with Gasteiger partial charge in [-0.2, -0.15) is 0 Å². The van der Waals surface area contributed by atoms with Crippen LogP contribution in [0.2, 0.25) is 0 Å². The van der Waals surface area contributed by atoms with Crippen molar-refractivity contribution in [3.63, 3.8) is 0 Å². The molecule has 1 unspecified atom stereocenters. The van der Waals surface area contributed by atoms with Gasteiger partial charge >= 0.3 is 0 Å². The van der Waals surface area contributed by atoms with Crippen LogP contribution in [0.5, 0.6) is 0 Å². The Labute approximate surface area is 146 Å². The van der Waals surface area contributed by atoms with E-state index in [9.17, 15) is 10.1 Å². The van der Waals surface area contributed by atoms with Gasteiger partial charge in [-0.25, -0.2) is 0 Å². The molecule has 0 heterocycles. The van der Waals surface area contributed by atoms with E-state index in [0.717, 1.165) is 22.4 Å². The zero-order chi connectivity index (χ0) is 17.6. The number of hydrogen-bond donors (Lipinski definition) is 0. The minimum atomic E-state index is -0.327. The number of anilines is 1. The summed E-state index contributed by atoms with van der Waals surface area (Å²) in [5, 5.41) is 11.2. The maximum Gasteiger partial charge on any atom is 0.269 e. The Balaban J connectivity index is 1.88. The molecule has 0 saturated carbocycles. The molecule has 1 aliphatic rings. The number of nitro benzene ring substituents is 1. The van der Waals surface area contributed by atoms with Gasteiger partial charge in [0.2, 0.25) is 0 Å². The lowest BCUT2D eigenvalue weighted by Gasteiger charge is -2.28. The molecule has 0 fully saturated rings. The van der Waals surface area contributed by atoms with Crippen molar-refractivity contribution in [1.82, 2.24) is 0 Å². The van der Waals surface area contributed by atoms with E-state index in [4.69, 9.17) is 0 Å². The zero-order valence-corrected chi connectivity index (χ0v) is 14.1. The second-order valence-corrected chi connectivity index (χ2v) is 6.46. The van der Waals surface area contributed by atoms with Crippen molar-refractivity contribution in [1.29, 1.82) is 0 Å². The van der Waals surface area contributed by atoms with Gasteiger partial charge in [0, 0.05) is 24.9 Å². The Morgan fingerprint density at radius 2 is 1.60 bits per heavy atom. The lowest BCUT2D eigenvalue weighted by Crippen LogP contribution is -2.23. The van der Waals surface area contributed by atoms with E-state index in [-0.39, 0.29) is 16.7 Å². The van der Waals surface area contributed by atoms with Crippen LogP contribution in [-0.4, -0.2) is 12.0 Å². The van der Waals surface area contributed by atoms with Gasteiger partial charge in [0.1, 0.15) is 0 Å². The summed E-state index contributed by atoms with van der Waals surface area (Å²) in [5.41, 5.74) is 6.82. The van der Waals surface area contributed by atoms with Gasteiger partial charge in [-0.1, -0.05) is 42.0 Å². The molecule has 25 heavy (non-hydrogen) atoms. The van der Waals surface area contributed by atoms with Crippen LogP contribution < -0.4 is 4.90 Å². The first-order valence-electron chi connectivity index (χ1n) is 8.23. The molecule has 0 amide bonds. The Morgan fingerprint density at radius 3 is 2.32 bits per heavy atom. The van der Waals surface area contributed by atoms with Gasteiger partial charge in [0.05, 0.1) is 11.0 Å². The normalized spacial score (nSPS) is 14.7. The molecule has 3 aromatic carbocycles. The molecular weight excluding hydrogens is 312 g/mol. The van der Waals surface area contributed by atoms with E-state index < -0.39 is 0 Å². The van der Waals surface area contributed by atoms with Crippen molar-refractivity contribution in [3.8, 4) is 11.1 Å². The number of rotatable bonds is 3. The number of nitro groups is 1. The number of hydrogen-bond acceptors (Lipinski definition) is 3. The summed E-state index contributed by atoms with van der Waals surface area (Å²) >= 11 is 0. The van der Waals surface area contributed by atoms with Crippen LogP contribution in [0.4, 0.5) is 11.4 Å². The topological polar surface area (TPSA) is 46.4 Å². The number of fused-ring (bicyclic) bond motifs is 3.